The van der Waals surface area contributed by atoms with Crippen molar-refractivity contribution in [2.45, 2.75) is 13.0 Å². The number of hydrogen-bond donors (Lipinski definition) is 2. The highest BCUT2D eigenvalue weighted by Crippen LogP contribution is 2.27. The minimum absolute atomic E-state index is 0. The van der Waals surface area contributed by atoms with Crippen molar-refractivity contribution >= 4 is 29.9 Å². The fraction of sp³-hybridized carbons (Fsp3) is 0.316. The van der Waals surface area contributed by atoms with Gasteiger partial charge in [0.25, 0.3) is 0 Å². The predicted octanol–water partition coefficient (Wildman–Crippen LogP) is 2.98. The minimum atomic E-state index is 0. The van der Waals surface area contributed by atoms with Crippen LogP contribution in [0.1, 0.15) is 11.1 Å². The largest absolute Gasteiger partial charge is 0.497 e. The number of benzene rings is 2. The van der Waals surface area contributed by atoms with Gasteiger partial charge in [0, 0.05) is 6.54 Å². The smallest absolute Gasteiger partial charge is 0.188 e. The van der Waals surface area contributed by atoms with Crippen LogP contribution >= 0.6 is 24.0 Å². The number of hydrogen-bond acceptors (Lipinski definition) is 4. The van der Waals surface area contributed by atoms with E-state index in [9.17, 15) is 0 Å². The van der Waals surface area contributed by atoms with Gasteiger partial charge in [-0.25, -0.2) is 4.99 Å². The maximum atomic E-state index is 5.93. The summed E-state index contributed by atoms with van der Waals surface area (Å²) in [5.74, 6) is 2.64. The summed E-state index contributed by atoms with van der Waals surface area (Å²) in [4.78, 5) is 4.35. The molecule has 26 heavy (non-hydrogen) atoms. The lowest BCUT2D eigenvalue weighted by molar-refractivity contribution is 0.354. The average Bonchev–Trinajstić information content (AvgIpc) is 2.66. The molecular formula is C19H26IN3O3. The van der Waals surface area contributed by atoms with Crippen LogP contribution in [0.2, 0.25) is 0 Å². The lowest BCUT2D eigenvalue weighted by atomic mass is 10.1. The predicted molar refractivity (Wildman–Crippen MR) is 115 cm³/mol. The van der Waals surface area contributed by atoms with Gasteiger partial charge >= 0.3 is 0 Å². The van der Waals surface area contributed by atoms with Crippen molar-refractivity contribution in [3.05, 3.63) is 53.6 Å². The Bertz CT molecular complexity index is 723. The van der Waals surface area contributed by atoms with E-state index in [1.807, 2.05) is 36.4 Å². The van der Waals surface area contributed by atoms with E-state index in [4.69, 9.17) is 19.9 Å². The molecule has 3 N–H and O–H groups in total. The van der Waals surface area contributed by atoms with Gasteiger partial charge in [-0.2, -0.15) is 0 Å². The van der Waals surface area contributed by atoms with Gasteiger partial charge in [0.15, 0.2) is 17.5 Å². The van der Waals surface area contributed by atoms with Gasteiger partial charge < -0.3 is 25.3 Å². The molecular weight excluding hydrogens is 445 g/mol. The summed E-state index contributed by atoms with van der Waals surface area (Å²) in [5, 5.41) is 3.12. The molecule has 0 radical (unpaired) electrons. The molecule has 0 bridgehead atoms. The second-order valence-electron chi connectivity index (χ2n) is 5.42. The van der Waals surface area contributed by atoms with Crippen molar-refractivity contribution in [1.29, 1.82) is 0 Å². The third kappa shape index (κ3) is 6.62. The van der Waals surface area contributed by atoms with Gasteiger partial charge in [0.1, 0.15) is 5.75 Å². The van der Waals surface area contributed by atoms with E-state index < -0.39 is 0 Å². The average molecular weight is 471 g/mol. The monoisotopic (exact) mass is 471 g/mol. The van der Waals surface area contributed by atoms with Crippen molar-refractivity contribution in [3.63, 3.8) is 0 Å². The highest BCUT2D eigenvalue weighted by atomic mass is 127. The number of nitrogens with zero attached hydrogens (tertiary/aromatic N) is 1. The van der Waals surface area contributed by atoms with Crippen LogP contribution in [0.5, 0.6) is 17.2 Å². The Labute approximate surface area is 171 Å². The maximum absolute atomic E-state index is 5.93. The molecule has 0 aliphatic heterocycles. The highest BCUT2D eigenvalue weighted by Gasteiger charge is 2.04. The van der Waals surface area contributed by atoms with Crippen LogP contribution < -0.4 is 25.3 Å². The number of aliphatic imine (C=N–C) groups is 1. The minimum Gasteiger partial charge on any atom is -0.497 e. The molecule has 0 aromatic heterocycles. The molecule has 0 fully saturated rings. The summed E-state index contributed by atoms with van der Waals surface area (Å²) < 4.78 is 15.7. The normalized spacial score (nSPS) is 10.7. The first-order valence-corrected chi connectivity index (χ1v) is 8.04. The van der Waals surface area contributed by atoms with E-state index >= 15 is 0 Å². The van der Waals surface area contributed by atoms with Crippen LogP contribution in [-0.2, 0) is 13.0 Å². The van der Waals surface area contributed by atoms with Crippen LogP contribution in [0.4, 0.5) is 0 Å². The van der Waals surface area contributed by atoms with Gasteiger partial charge in [-0.15, -0.1) is 24.0 Å². The number of methoxy groups -OCH3 is 3. The third-order valence-corrected chi connectivity index (χ3v) is 3.73. The molecule has 7 heteroatoms. The number of halogens is 1. The standard InChI is InChI=1S/C19H25N3O3.HI/c1-23-16-6-4-5-14(11-16)9-10-21-19(20)22-13-15-7-8-17(24-2)18(12-15)25-3;/h4-8,11-12H,9-10,13H2,1-3H3,(H3,20,21,22);1H. The van der Waals surface area contributed by atoms with E-state index in [2.05, 4.69) is 16.4 Å². The number of rotatable bonds is 8. The summed E-state index contributed by atoms with van der Waals surface area (Å²) in [7, 11) is 4.88. The molecule has 0 saturated carbocycles. The summed E-state index contributed by atoms with van der Waals surface area (Å²) in [5.41, 5.74) is 8.10. The molecule has 0 amide bonds. The molecule has 2 aromatic carbocycles. The molecule has 0 atom stereocenters. The van der Waals surface area contributed by atoms with Crippen molar-refractivity contribution in [3.8, 4) is 17.2 Å². The Hall–Kier alpha value is -2.16. The van der Waals surface area contributed by atoms with E-state index in [0.717, 1.165) is 17.7 Å². The zero-order valence-electron chi connectivity index (χ0n) is 15.3. The van der Waals surface area contributed by atoms with Gasteiger partial charge in [0.2, 0.25) is 0 Å². The first-order valence-electron chi connectivity index (χ1n) is 8.04. The van der Waals surface area contributed by atoms with Crippen LogP contribution in [0, 0.1) is 0 Å². The van der Waals surface area contributed by atoms with Crippen LogP contribution in [-0.4, -0.2) is 33.8 Å². The Kier molecular flexibility index (Phi) is 9.64. The first-order chi connectivity index (χ1) is 12.2. The topological polar surface area (TPSA) is 78.1 Å². The fourth-order valence-electron chi connectivity index (χ4n) is 2.37. The van der Waals surface area contributed by atoms with Gasteiger partial charge in [-0.1, -0.05) is 18.2 Å². The van der Waals surface area contributed by atoms with E-state index in [1.165, 1.54) is 5.56 Å². The molecule has 0 saturated heterocycles. The van der Waals surface area contributed by atoms with Crippen molar-refractivity contribution in [2.75, 3.05) is 27.9 Å². The van der Waals surface area contributed by atoms with Crippen molar-refractivity contribution < 1.29 is 14.2 Å². The van der Waals surface area contributed by atoms with Crippen molar-refractivity contribution in [2.24, 2.45) is 10.7 Å². The van der Waals surface area contributed by atoms with Crippen LogP contribution in [0.3, 0.4) is 0 Å². The number of nitrogens with one attached hydrogen (secondary N) is 1. The summed E-state index contributed by atoms with van der Waals surface area (Å²) in [6.45, 7) is 1.17. The lowest BCUT2D eigenvalue weighted by Gasteiger charge is -2.09. The Morgan fingerprint density at radius 3 is 2.42 bits per heavy atom. The second kappa shape index (κ2) is 11.5. The zero-order chi connectivity index (χ0) is 18.1. The van der Waals surface area contributed by atoms with Crippen LogP contribution in [0.15, 0.2) is 47.5 Å². The lowest BCUT2D eigenvalue weighted by Crippen LogP contribution is -2.33. The van der Waals surface area contributed by atoms with Gasteiger partial charge in [-0.05, 0) is 41.8 Å². The third-order valence-electron chi connectivity index (χ3n) is 3.73. The summed E-state index contributed by atoms with van der Waals surface area (Å²) in [6, 6.07) is 13.7. The molecule has 6 nitrogen and oxygen atoms in total. The van der Waals surface area contributed by atoms with E-state index in [0.29, 0.717) is 30.5 Å². The van der Waals surface area contributed by atoms with Crippen LogP contribution in [0.25, 0.3) is 0 Å². The molecule has 142 valence electrons. The maximum Gasteiger partial charge on any atom is 0.188 e. The van der Waals surface area contributed by atoms with Gasteiger partial charge in [0.05, 0.1) is 27.9 Å². The second-order valence-corrected chi connectivity index (χ2v) is 5.42. The molecule has 2 aromatic rings. The SMILES string of the molecule is COc1cccc(CCNC(N)=NCc2ccc(OC)c(OC)c2)c1.I. The zero-order valence-corrected chi connectivity index (χ0v) is 17.7. The Balaban J connectivity index is 0.00000338. The Morgan fingerprint density at radius 1 is 0.962 bits per heavy atom. The van der Waals surface area contributed by atoms with E-state index in [1.54, 1.807) is 21.3 Å². The molecule has 0 aliphatic rings. The summed E-state index contributed by atoms with van der Waals surface area (Å²) >= 11 is 0. The van der Waals surface area contributed by atoms with Gasteiger partial charge in [-0.3, -0.25) is 0 Å². The fourth-order valence-corrected chi connectivity index (χ4v) is 2.37. The molecule has 2 rings (SSSR count). The highest BCUT2D eigenvalue weighted by molar-refractivity contribution is 14.0. The summed E-state index contributed by atoms with van der Waals surface area (Å²) in [6.07, 6.45) is 0.837. The first kappa shape index (κ1) is 21.9. The quantitative estimate of drug-likeness (QED) is 0.352. The molecule has 0 aliphatic carbocycles. The van der Waals surface area contributed by atoms with Crippen molar-refractivity contribution in [1.82, 2.24) is 5.32 Å². The number of guanidine groups is 1. The molecule has 0 spiro atoms. The molecule has 0 unspecified atom stereocenters. The Morgan fingerprint density at radius 2 is 1.73 bits per heavy atom. The van der Waals surface area contributed by atoms with E-state index in [-0.39, 0.29) is 24.0 Å². The number of ether oxygens (including phenoxy) is 3. The number of nitrogens with two attached hydrogens (primary N) is 1. The molecule has 0 heterocycles.